The third-order valence-electron chi connectivity index (χ3n) is 7.66. The van der Waals surface area contributed by atoms with Crippen LogP contribution < -0.4 is 5.73 Å². The molecule has 0 aromatic heterocycles. The summed E-state index contributed by atoms with van der Waals surface area (Å²) in [5.74, 6) is 3.59. The van der Waals surface area contributed by atoms with Crippen LogP contribution in [0, 0.1) is 34.5 Å². The highest BCUT2D eigenvalue weighted by atomic mass is 14.6. The first kappa shape index (κ1) is 13.0. The van der Waals surface area contributed by atoms with Crippen LogP contribution in [0.5, 0.6) is 0 Å². The van der Waals surface area contributed by atoms with Gasteiger partial charge in [0.05, 0.1) is 0 Å². The Kier molecular flexibility index (Phi) is 2.69. The van der Waals surface area contributed by atoms with E-state index in [2.05, 4.69) is 32.1 Å². The Morgan fingerprint density at radius 3 is 2.75 bits per heavy atom. The maximum atomic E-state index is 6.05. The lowest BCUT2D eigenvalue weighted by atomic mass is 9.47. The Balaban J connectivity index is 1.68. The quantitative estimate of drug-likeness (QED) is 0.682. The van der Waals surface area contributed by atoms with Gasteiger partial charge >= 0.3 is 0 Å². The molecule has 1 unspecified atom stereocenters. The van der Waals surface area contributed by atoms with E-state index in [-0.39, 0.29) is 0 Å². The van der Waals surface area contributed by atoms with Gasteiger partial charge in [0.1, 0.15) is 0 Å². The molecular formula is C19H29N. The van der Waals surface area contributed by atoms with Crippen LogP contribution >= 0.6 is 0 Å². The summed E-state index contributed by atoms with van der Waals surface area (Å²) in [4.78, 5) is 0. The van der Waals surface area contributed by atoms with E-state index in [1.165, 1.54) is 44.9 Å². The van der Waals surface area contributed by atoms with E-state index in [1.54, 1.807) is 0 Å². The molecule has 110 valence electrons. The molecule has 0 aromatic rings. The molecule has 0 heterocycles. The molecule has 0 bridgehead atoms. The molecule has 0 radical (unpaired) electrons. The molecule has 3 saturated carbocycles. The van der Waals surface area contributed by atoms with Gasteiger partial charge in [0.25, 0.3) is 0 Å². The summed E-state index contributed by atoms with van der Waals surface area (Å²) in [6.45, 7) is 5.11. The van der Waals surface area contributed by atoms with Gasteiger partial charge in [-0.25, -0.2) is 0 Å². The van der Waals surface area contributed by atoms with Crippen LogP contribution in [-0.4, -0.2) is 0 Å². The summed E-state index contributed by atoms with van der Waals surface area (Å²) in [5.41, 5.74) is 8.11. The van der Waals surface area contributed by atoms with Gasteiger partial charge in [0.2, 0.25) is 0 Å². The van der Waals surface area contributed by atoms with Gasteiger partial charge in [-0.1, -0.05) is 32.4 Å². The maximum absolute atomic E-state index is 6.05. The predicted octanol–water partition coefficient (Wildman–Crippen LogP) is 4.65. The molecule has 1 nitrogen and oxygen atoms in total. The van der Waals surface area contributed by atoms with Gasteiger partial charge in [-0.3, -0.25) is 0 Å². The standard InChI is InChI=1S/C19H29N/c1-18-9-3-4-16(18)15-6-5-13-12-14(20)7-11-19(13,2)17(15)8-10-18/h7,11-13,15-17H,3-6,8-10,20H2,1-2H3/t13?,15-,16-,17-,18-,19-/m0/s1. The van der Waals surface area contributed by atoms with Crippen molar-refractivity contribution in [2.45, 2.75) is 58.8 Å². The molecule has 4 aliphatic carbocycles. The molecule has 0 amide bonds. The minimum atomic E-state index is 0.385. The highest BCUT2D eigenvalue weighted by Gasteiger charge is 2.56. The summed E-state index contributed by atoms with van der Waals surface area (Å²) in [7, 11) is 0. The van der Waals surface area contributed by atoms with Crippen LogP contribution in [0.3, 0.4) is 0 Å². The fourth-order valence-corrected chi connectivity index (χ4v) is 6.49. The van der Waals surface area contributed by atoms with Gasteiger partial charge in [-0.15, -0.1) is 0 Å². The largest absolute Gasteiger partial charge is 0.399 e. The maximum Gasteiger partial charge on any atom is 0.0273 e. The molecule has 1 heteroatoms. The number of allylic oxidation sites excluding steroid dienone is 3. The average Bonchev–Trinajstić information content (AvgIpc) is 2.81. The molecule has 2 N–H and O–H groups in total. The first-order valence-corrected chi connectivity index (χ1v) is 8.69. The lowest BCUT2D eigenvalue weighted by Gasteiger charge is -2.57. The molecule has 0 saturated heterocycles. The van der Waals surface area contributed by atoms with Crippen molar-refractivity contribution in [3.05, 3.63) is 23.9 Å². The van der Waals surface area contributed by atoms with Gasteiger partial charge in [-0.05, 0) is 79.1 Å². The van der Waals surface area contributed by atoms with Crippen molar-refractivity contribution in [3.63, 3.8) is 0 Å². The monoisotopic (exact) mass is 271 g/mol. The van der Waals surface area contributed by atoms with E-state index >= 15 is 0 Å². The van der Waals surface area contributed by atoms with Crippen LogP contribution in [0.15, 0.2) is 23.9 Å². The normalized spacial score (nSPS) is 53.8. The second-order valence-corrected chi connectivity index (χ2v) is 8.51. The first-order valence-electron chi connectivity index (χ1n) is 8.69. The predicted molar refractivity (Wildman–Crippen MR) is 83.9 cm³/mol. The number of nitrogens with two attached hydrogens (primary N) is 1. The number of hydrogen-bond donors (Lipinski definition) is 1. The first-order chi connectivity index (χ1) is 9.53. The van der Waals surface area contributed by atoms with E-state index in [9.17, 15) is 0 Å². The van der Waals surface area contributed by atoms with Crippen LogP contribution in [0.1, 0.15) is 58.8 Å². The second kappa shape index (κ2) is 4.15. The molecule has 4 aliphatic rings. The SMILES string of the molecule is C[C@@]12CCC[C@H]1[C@@H]1CCC3C=C(N)C=C[C@]3(C)[C@H]1CC2. The summed E-state index contributed by atoms with van der Waals surface area (Å²) < 4.78 is 0. The summed E-state index contributed by atoms with van der Waals surface area (Å²) in [6.07, 6.45) is 17.2. The van der Waals surface area contributed by atoms with Gasteiger partial charge < -0.3 is 5.73 Å². The number of hydrogen-bond acceptors (Lipinski definition) is 1. The van der Waals surface area contributed by atoms with E-state index < -0.39 is 0 Å². The average molecular weight is 271 g/mol. The van der Waals surface area contributed by atoms with Crippen LogP contribution in [0.2, 0.25) is 0 Å². The topological polar surface area (TPSA) is 26.0 Å². The van der Waals surface area contributed by atoms with Gasteiger partial charge in [0, 0.05) is 5.70 Å². The van der Waals surface area contributed by atoms with E-state index in [0.29, 0.717) is 16.7 Å². The third-order valence-corrected chi connectivity index (χ3v) is 7.66. The Morgan fingerprint density at radius 1 is 1.05 bits per heavy atom. The minimum Gasteiger partial charge on any atom is -0.399 e. The van der Waals surface area contributed by atoms with Crippen molar-refractivity contribution in [2.75, 3.05) is 0 Å². The van der Waals surface area contributed by atoms with E-state index in [1.807, 2.05) is 0 Å². The van der Waals surface area contributed by atoms with Crippen molar-refractivity contribution in [1.29, 1.82) is 0 Å². The third kappa shape index (κ3) is 1.61. The highest BCUT2D eigenvalue weighted by Crippen LogP contribution is 2.64. The summed E-state index contributed by atoms with van der Waals surface area (Å²) in [5, 5.41) is 0. The molecule has 4 rings (SSSR count). The fourth-order valence-electron chi connectivity index (χ4n) is 6.49. The number of fused-ring (bicyclic) bond motifs is 5. The molecule has 20 heavy (non-hydrogen) atoms. The van der Waals surface area contributed by atoms with Crippen LogP contribution in [-0.2, 0) is 0 Å². The Labute approximate surface area is 123 Å². The molecular weight excluding hydrogens is 242 g/mol. The Morgan fingerprint density at radius 2 is 1.90 bits per heavy atom. The second-order valence-electron chi connectivity index (χ2n) is 8.51. The Hall–Kier alpha value is -0.720. The van der Waals surface area contributed by atoms with Crippen molar-refractivity contribution >= 4 is 0 Å². The van der Waals surface area contributed by atoms with Crippen molar-refractivity contribution in [3.8, 4) is 0 Å². The van der Waals surface area contributed by atoms with E-state index in [0.717, 1.165) is 23.5 Å². The lowest BCUT2D eigenvalue weighted by molar-refractivity contribution is -0.0541. The van der Waals surface area contributed by atoms with Gasteiger partial charge in [-0.2, -0.15) is 0 Å². The van der Waals surface area contributed by atoms with Gasteiger partial charge in [0.15, 0.2) is 0 Å². The highest BCUT2D eigenvalue weighted by molar-refractivity contribution is 5.28. The Bertz CT molecular complexity index is 476. The van der Waals surface area contributed by atoms with Crippen molar-refractivity contribution in [1.82, 2.24) is 0 Å². The smallest absolute Gasteiger partial charge is 0.0273 e. The molecule has 0 aliphatic heterocycles. The fraction of sp³-hybridized carbons (Fsp3) is 0.789. The summed E-state index contributed by atoms with van der Waals surface area (Å²) in [6, 6.07) is 0. The van der Waals surface area contributed by atoms with Crippen LogP contribution in [0.4, 0.5) is 0 Å². The molecule has 0 spiro atoms. The van der Waals surface area contributed by atoms with E-state index in [4.69, 9.17) is 5.73 Å². The number of rotatable bonds is 0. The molecule has 0 aromatic carbocycles. The van der Waals surface area contributed by atoms with Crippen molar-refractivity contribution in [2.24, 2.45) is 40.2 Å². The zero-order valence-electron chi connectivity index (χ0n) is 13.1. The minimum absolute atomic E-state index is 0.385. The molecule has 3 fully saturated rings. The van der Waals surface area contributed by atoms with Crippen LogP contribution in [0.25, 0.3) is 0 Å². The molecule has 6 atom stereocenters. The zero-order valence-corrected chi connectivity index (χ0v) is 13.1. The zero-order chi connectivity index (χ0) is 14.0. The van der Waals surface area contributed by atoms with Crippen molar-refractivity contribution < 1.29 is 0 Å². The lowest BCUT2D eigenvalue weighted by Crippen LogP contribution is -2.50. The summed E-state index contributed by atoms with van der Waals surface area (Å²) >= 11 is 0.